The number of nitrogens with zero attached hydrogens (tertiary/aromatic N) is 4. The molecule has 0 aromatic carbocycles. The van der Waals surface area contributed by atoms with E-state index in [1.165, 1.54) is 11.8 Å². The molecule has 0 saturated heterocycles. The summed E-state index contributed by atoms with van der Waals surface area (Å²) in [7, 11) is 3.69. The smallest absolute Gasteiger partial charge is 0.247 e. The number of anilines is 2. The number of carbonyl (C=O) groups is 1. The average molecular weight is 285 g/mol. The van der Waals surface area contributed by atoms with Crippen molar-refractivity contribution in [3.05, 3.63) is 0 Å². The summed E-state index contributed by atoms with van der Waals surface area (Å²) in [6.45, 7) is 4.40. The van der Waals surface area contributed by atoms with E-state index in [0.29, 0.717) is 23.6 Å². The van der Waals surface area contributed by atoms with Crippen LogP contribution in [-0.4, -0.2) is 46.7 Å². The van der Waals surface area contributed by atoms with Gasteiger partial charge >= 0.3 is 0 Å². The molecule has 0 bridgehead atoms. The zero-order valence-electron chi connectivity index (χ0n) is 11.5. The van der Waals surface area contributed by atoms with Crippen LogP contribution in [0.1, 0.15) is 13.8 Å². The molecule has 0 aliphatic rings. The van der Waals surface area contributed by atoms with E-state index >= 15 is 0 Å². The molecule has 1 heterocycles. The van der Waals surface area contributed by atoms with Crippen LogP contribution in [0, 0.1) is 0 Å². The molecule has 0 saturated carbocycles. The van der Waals surface area contributed by atoms with E-state index in [1.807, 2.05) is 21.0 Å². The predicted molar refractivity (Wildman–Crippen MR) is 76.0 cm³/mol. The molecule has 4 N–H and O–H groups in total. The first-order chi connectivity index (χ1) is 8.97. The van der Waals surface area contributed by atoms with Crippen LogP contribution in [-0.2, 0) is 4.79 Å². The van der Waals surface area contributed by atoms with Gasteiger partial charge in [0.1, 0.15) is 0 Å². The molecule has 19 heavy (non-hydrogen) atoms. The highest BCUT2D eigenvalue weighted by atomic mass is 32.2. The SMILES string of the molecule is CCNc1nc(S[C@H](C)C(=O)NN)nc(N(C)C)n1. The quantitative estimate of drug-likeness (QED) is 0.286. The number of aromatic nitrogens is 3. The third-order valence-electron chi connectivity index (χ3n) is 2.13. The van der Waals surface area contributed by atoms with E-state index in [9.17, 15) is 4.79 Å². The molecule has 0 unspecified atom stereocenters. The Morgan fingerprint density at radius 2 is 2.11 bits per heavy atom. The van der Waals surface area contributed by atoms with Gasteiger partial charge in [0.25, 0.3) is 0 Å². The number of nitrogens with one attached hydrogen (secondary N) is 2. The normalized spacial score (nSPS) is 11.8. The molecular formula is C10H19N7OS. The Balaban J connectivity index is 2.95. The van der Waals surface area contributed by atoms with Crippen LogP contribution >= 0.6 is 11.8 Å². The fourth-order valence-electron chi connectivity index (χ4n) is 1.16. The second-order valence-electron chi connectivity index (χ2n) is 3.94. The van der Waals surface area contributed by atoms with Crippen LogP contribution in [0.2, 0.25) is 0 Å². The van der Waals surface area contributed by atoms with Crippen LogP contribution in [0.3, 0.4) is 0 Å². The molecule has 1 aromatic rings. The number of hydrazine groups is 1. The molecule has 9 heteroatoms. The number of amides is 1. The van der Waals surface area contributed by atoms with Crippen molar-refractivity contribution in [1.82, 2.24) is 20.4 Å². The van der Waals surface area contributed by atoms with Crippen molar-refractivity contribution in [3.8, 4) is 0 Å². The summed E-state index contributed by atoms with van der Waals surface area (Å²) < 4.78 is 0. The van der Waals surface area contributed by atoms with Crippen molar-refractivity contribution >= 4 is 29.6 Å². The molecule has 0 aliphatic heterocycles. The largest absolute Gasteiger partial charge is 0.354 e. The lowest BCUT2D eigenvalue weighted by Crippen LogP contribution is -2.36. The Morgan fingerprint density at radius 3 is 2.63 bits per heavy atom. The molecule has 1 aromatic heterocycles. The Morgan fingerprint density at radius 1 is 1.42 bits per heavy atom. The van der Waals surface area contributed by atoms with Gasteiger partial charge in [-0.05, 0) is 13.8 Å². The van der Waals surface area contributed by atoms with Crippen molar-refractivity contribution in [2.24, 2.45) is 5.84 Å². The van der Waals surface area contributed by atoms with E-state index in [2.05, 4.69) is 25.7 Å². The van der Waals surface area contributed by atoms with E-state index < -0.39 is 0 Å². The Hall–Kier alpha value is -1.61. The van der Waals surface area contributed by atoms with E-state index in [0.717, 1.165) is 0 Å². The van der Waals surface area contributed by atoms with Gasteiger partial charge in [-0.2, -0.15) is 15.0 Å². The summed E-state index contributed by atoms with van der Waals surface area (Å²) in [5.41, 5.74) is 2.11. The van der Waals surface area contributed by atoms with Gasteiger partial charge in [-0.1, -0.05) is 11.8 Å². The lowest BCUT2D eigenvalue weighted by molar-refractivity contribution is -0.120. The summed E-state index contributed by atoms with van der Waals surface area (Å²) in [5.74, 6) is 5.85. The fourth-order valence-corrected chi connectivity index (χ4v) is 1.93. The molecule has 1 rings (SSSR count). The second kappa shape index (κ2) is 7.10. The number of hydrogen-bond acceptors (Lipinski definition) is 8. The summed E-state index contributed by atoms with van der Waals surface area (Å²) in [6, 6.07) is 0. The number of thioether (sulfide) groups is 1. The first-order valence-corrected chi connectivity index (χ1v) is 6.70. The Bertz CT molecular complexity index is 440. The first-order valence-electron chi connectivity index (χ1n) is 5.82. The van der Waals surface area contributed by atoms with Crippen LogP contribution < -0.4 is 21.5 Å². The summed E-state index contributed by atoms with van der Waals surface area (Å²) >= 11 is 1.23. The van der Waals surface area contributed by atoms with Gasteiger partial charge in [0.15, 0.2) is 5.16 Å². The lowest BCUT2D eigenvalue weighted by atomic mass is 10.5. The maximum absolute atomic E-state index is 11.4. The van der Waals surface area contributed by atoms with Crippen molar-refractivity contribution in [1.29, 1.82) is 0 Å². The van der Waals surface area contributed by atoms with Crippen molar-refractivity contribution in [3.63, 3.8) is 0 Å². The van der Waals surface area contributed by atoms with Gasteiger partial charge in [-0.25, -0.2) is 5.84 Å². The van der Waals surface area contributed by atoms with Crippen LogP contribution in [0.15, 0.2) is 5.16 Å². The minimum atomic E-state index is -0.378. The average Bonchev–Trinajstić information content (AvgIpc) is 2.37. The summed E-state index contributed by atoms with van der Waals surface area (Å²) in [5, 5.41) is 3.13. The van der Waals surface area contributed by atoms with Crippen LogP contribution in [0.4, 0.5) is 11.9 Å². The van der Waals surface area contributed by atoms with Gasteiger partial charge in [-0.15, -0.1) is 0 Å². The van der Waals surface area contributed by atoms with Crippen molar-refractivity contribution in [2.45, 2.75) is 24.3 Å². The lowest BCUT2D eigenvalue weighted by Gasteiger charge is -2.14. The van der Waals surface area contributed by atoms with Crippen LogP contribution in [0.5, 0.6) is 0 Å². The fraction of sp³-hybridized carbons (Fsp3) is 0.600. The molecule has 8 nitrogen and oxygen atoms in total. The maximum Gasteiger partial charge on any atom is 0.247 e. The molecule has 0 radical (unpaired) electrons. The number of carbonyl (C=O) groups excluding carboxylic acids is 1. The molecule has 106 valence electrons. The molecule has 0 spiro atoms. The van der Waals surface area contributed by atoms with Gasteiger partial charge in [0, 0.05) is 20.6 Å². The monoisotopic (exact) mass is 285 g/mol. The highest BCUT2D eigenvalue weighted by Crippen LogP contribution is 2.22. The topological polar surface area (TPSA) is 109 Å². The maximum atomic E-state index is 11.4. The highest BCUT2D eigenvalue weighted by molar-refractivity contribution is 8.00. The Labute approximate surface area is 116 Å². The van der Waals surface area contributed by atoms with Gasteiger partial charge in [0.2, 0.25) is 17.8 Å². The predicted octanol–water partition coefficient (Wildman–Crippen LogP) is -0.160. The zero-order valence-corrected chi connectivity index (χ0v) is 12.3. The standard InChI is InChI=1S/C10H19N7OS/c1-5-12-8-13-9(17(3)4)15-10(14-8)19-6(2)7(18)16-11/h6H,5,11H2,1-4H3,(H,16,18)(H,12,13,14,15)/t6-/m1/s1. The minimum absolute atomic E-state index is 0.276. The third-order valence-corrected chi connectivity index (χ3v) is 3.09. The van der Waals surface area contributed by atoms with E-state index in [1.54, 1.807) is 11.8 Å². The first kappa shape index (κ1) is 15.4. The molecular weight excluding hydrogens is 266 g/mol. The molecule has 0 fully saturated rings. The highest BCUT2D eigenvalue weighted by Gasteiger charge is 2.16. The summed E-state index contributed by atoms with van der Waals surface area (Å²) in [6.07, 6.45) is 0. The van der Waals surface area contributed by atoms with Crippen molar-refractivity contribution < 1.29 is 4.79 Å². The zero-order chi connectivity index (χ0) is 14.4. The number of nitrogens with two attached hydrogens (primary N) is 1. The summed E-state index contributed by atoms with van der Waals surface area (Å²) in [4.78, 5) is 25.9. The van der Waals surface area contributed by atoms with Crippen LogP contribution in [0.25, 0.3) is 0 Å². The van der Waals surface area contributed by atoms with Gasteiger partial charge in [-0.3, -0.25) is 10.2 Å². The molecule has 1 amide bonds. The second-order valence-corrected chi connectivity index (χ2v) is 5.24. The van der Waals surface area contributed by atoms with E-state index in [-0.39, 0.29) is 11.2 Å². The Kier molecular flexibility index (Phi) is 5.77. The number of hydrogen-bond donors (Lipinski definition) is 3. The van der Waals surface area contributed by atoms with E-state index in [4.69, 9.17) is 5.84 Å². The van der Waals surface area contributed by atoms with Gasteiger partial charge < -0.3 is 10.2 Å². The van der Waals surface area contributed by atoms with Crippen molar-refractivity contribution in [2.75, 3.05) is 30.9 Å². The molecule has 1 atom stereocenters. The number of rotatable bonds is 6. The third kappa shape index (κ3) is 4.52. The molecule has 0 aliphatic carbocycles. The minimum Gasteiger partial charge on any atom is -0.354 e. The van der Waals surface area contributed by atoms with Gasteiger partial charge in [0.05, 0.1) is 5.25 Å².